The molecule has 21 heavy (non-hydrogen) atoms. The largest absolute Gasteiger partial charge is 0.354 e. The lowest BCUT2D eigenvalue weighted by Gasteiger charge is -2.14. The second kappa shape index (κ2) is 6.53. The minimum Gasteiger partial charge on any atom is -0.354 e. The molecule has 6 nitrogen and oxygen atoms in total. The molecular weight excluding hydrogens is 295 g/mol. The molecule has 0 amide bonds. The van der Waals surface area contributed by atoms with Crippen molar-refractivity contribution in [1.82, 2.24) is 15.0 Å². The number of rotatable bonds is 5. The molecule has 1 aromatic carbocycles. The van der Waals surface area contributed by atoms with Gasteiger partial charge in [0.05, 0.1) is 5.69 Å². The molecule has 2 N–H and O–H groups in total. The quantitative estimate of drug-likeness (QED) is 0.885. The van der Waals surface area contributed by atoms with Crippen LogP contribution in [0.5, 0.6) is 0 Å². The van der Waals surface area contributed by atoms with E-state index in [1.807, 2.05) is 21.0 Å². The summed E-state index contributed by atoms with van der Waals surface area (Å²) in [4.78, 5) is 14.4. The molecule has 2 rings (SSSR count). The van der Waals surface area contributed by atoms with Crippen LogP contribution in [-0.4, -0.2) is 35.6 Å². The Hall–Kier alpha value is -2.15. The number of nitrogens with zero attached hydrogens (tertiary/aromatic N) is 4. The fraction of sp³-hybridized carbons (Fsp3) is 0.308. The van der Waals surface area contributed by atoms with Crippen molar-refractivity contribution in [2.24, 2.45) is 0 Å². The van der Waals surface area contributed by atoms with Gasteiger partial charge in [-0.25, -0.2) is 4.39 Å². The predicted octanol–water partition coefficient (Wildman–Crippen LogP) is 2.91. The normalized spacial score (nSPS) is 10.3. The number of hydrogen-bond acceptors (Lipinski definition) is 6. The summed E-state index contributed by atoms with van der Waals surface area (Å²) < 4.78 is 13.7. The van der Waals surface area contributed by atoms with Gasteiger partial charge in [0.25, 0.3) is 0 Å². The average molecular weight is 311 g/mol. The Morgan fingerprint density at radius 3 is 2.57 bits per heavy atom. The monoisotopic (exact) mass is 310 g/mol. The van der Waals surface area contributed by atoms with Crippen LogP contribution in [0.15, 0.2) is 18.2 Å². The zero-order valence-electron chi connectivity index (χ0n) is 12.0. The van der Waals surface area contributed by atoms with Crippen molar-refractivity contribution < 1.29 is 4.39 Å². The van der Waals surface area contributed by atoms with Crippen LogP contribution in [0.1, 0.15) is 6.92 Å². The Morgan fingerprint density at radius 1 is 1.19 bits per heavy atom. The van der Waals surface area contributed by atoms with Crippen LogP contribution in [-0.2, 0) is 0 Å². The molecule has 0 saturated heterocycles. The van der Waals surface area contributed by atoms with Crippen molar-refractivity contribution in [3.8, 4) is 0 Å². The molecule has 0 unspecified atom stereocenters. The van der Waals surface area contributed by atoms with E-state index in [1.54, 1.807) is 4.90 Å². The van der Waals surface area contributed by atoms with Crippen molar-refractivity contribution in [2.75, 3.05) is 36.2 Å². The van der Waals surface area contributed by atoms with Gasteiger partial charge in [-0.05, 0) is 25.1 Å². The molecule has 1 aromatic heterocycles. The van der Waals surface area contributed by atoms with E-state index in [0.29, 0.717) is 23.5 Å². The summed E-state index contributed by atoms with van der Waals surface area (Å²) >= 11 is 5.87. The number of aromatic nitrogens is 3. The molecule has 2 aromatic rings. The Morgan fingerprint density at radius 2 is 1.90 bits per heavy atom. The standard InChI is InChI=1S/C13H16ClFN6/c1-4-16-11-18-12(20-13(19-11)21(2)3)17-10-7-8(14)5-6-9(10)15/h5-7H,4H2,1-3H3,(H2,16,17,18,19,20). The maximum absolute atomic E-state index is 13.7. The molecule has 0 radical (unpaired) electrons. The van der Waals surface area contributed by atoms with Crippen LogP contribution in [0.2, 0.25) is 5.02 Å². The van der Waals surface area contributed by atoms with Gasteiger partial charge in [0.2, 0.25) is 17.8 Å². The minimum atomic E-state index is -0.434. The van der Waals surface area contributed by atoms with Gasteiger partial charge in [0, 0.05) is 25.7 Å². The van der Waals surface area contributed by atoms with E-state index < -0.39 is 5.82 Å². The molecule has 0 aliphatic heterocycles. The SMILES string of the molecule is CCNc1nc(Nc2cc(Cl)ccc2F)nc(N(C)C)n1. The highest BCUT2D eigenvalue weighted by Crippen LogP contribution is 2.23. The molecular formula is C13H16ClFN6. The summed E-state index contributed by atoms with van der Waals surface area (Å²) in [6, 6.07) is 4.23. The van der Waals surface area contributed by atoms with Crippen LogP contribution in [0.3, 0.4) is 0 Å². The molecule has 0 bridgehead atoms. The van der Waals surface area contributed by atoms with E-state index in [4.69, 9.17) is 11.6 Å². The summed E-state index contributed by atoms with van der Waals surface area (Å²) in [5.41, 5.74) is 0.209. The van der Waals surface area contributed by atoms with Gasteiger partial charge in [-0.3, -0.25) is 0 Å². The molecule has 0 saturated carbocycles. The number of halogens is 2. The smallest absolute Gasteiger partial charge is 0.233 e. The van der Waals surface area contributed by atoms with Gasteiger partial charge in [0.1, 0.15) is 5.82 Å². The second-order valence-corrected chi connectivity index (χ2v) is 4.89. The van der Waals surface area contributed by atoms with Crippen molar-refractivity contribution >= 4 is 35.1 Å². The van der Waals surface area contributed by atoms with Crippen LogP contribution in [0.4, 0.5) is 27.9 Å². The lowest BCUT2D eigenvalue weighted by Crippen LogP contribution is -2.16. The summed E-state index contributed by atoms with van der Waals surface area (Å²) in [6.07, 6.45) is 0. The molecule has 8 heteroatoms. The van der Waals surface area contributed by atoms with Gasteiger partial charge in [-0.2, -0.15) is 15.0 Å². The predicted molar refractivity (Wildman–Crippen MR) is 83.0 cm³/mol. The van der Waals surface area contributed by atoms with Crippen molar-refractivity contribution in [3.05, 3.63) is 29.0 Å². The highest BCUT2D eigenvalue weighted by Gasteiger charge is 2.10. The Bertz CT molecular complexity index is 634. The maximum atomic E-state index is 13.7. The molecule has 0 aliphatic rings. The second-order valence-electron chi connectivity index (χ2n) is 4.46. The number of anilines is 4. The first-order chi connectivity index (χ1) is 9.99. The molecule has 0 fully saturated rings. The van der Waals surface area contributed by atoms with E-state index >= 15 is 0 Å². The molecule has 112 valence electrons. The first-order valence-corrected chi connectivity index (χ1v) is 6.76. The molecule has 0 aliphatic carbocycles. The lowest BCUT2D eigenvalue weighted by molar-refractivity contribution is 0.631. The molecule has 1 heterocycles. The van der Waals surface area contributed by atoms with Crippen LogP contribution < -0.4 is 15.5 Å². The minimum absolute atomic E-state index is 0.209. The van der Waals surface area contributed by atoms with E-state index in [-0.39, 0.29) is 11.6 Å². The van der Waals surface area contributed by atoms with E-state index in [2.05, 4.69) is 25.6 Å². The van der Waals surface area contributed by atoms with Crippen LogP contribution >= 0.6 is 11.6 Å². The van der Waals surface area contributed by atoms with Crippen molar-refractivity contribution in [3.63, 3.8) is 0 Å². The number of nitrogens with one attached hydrogen (secondary N) is 2. The molecule has 0 spiro atoms. The van der Waals surface area contributed by atoms with Crippen molar-refractivity contribution in [1.29, 1.82) is 0 Å². The Balaban J connectivity index is 2.36. The third kappa shape index (κ3) is 3.91. The van der Waals surface area contributed by atoms with Gasteiger partial charge >= 0.3 is 0 Å². The Kier molecular flexibility index (Phi) is 4.74. The van der Waals surface area contributed by atoms with Crippen molar-refractivity contribution in [2.45, 2.75) is 6.92 Å². The molecule has 0 atom stereocenters. The highest BCUT2D eigenvalue weighted by molar-refractivity contribution is 6.30. The number of benzene rings is 1. The first kappa shape index (κ1) is 15.2. The lowest BCUT2D eigenvalue weighted by atomic mass is 10.3. The maximum Gasteiger partial charge on any atom is 0.233 e. The third-order valence-electron chi connectivity index (χ3n) is 2.53. The van der Waals surface area contributed by atoms with E-state index in [0.717, 1.165) is 0 Å². The summed E-state index contributed by atoms with van der Waals surface area (Å²) in [6.45, 7) is 2.60. The highest BCUT2D eigenvalue weighted by atomic mass is 35.5. The summed E-state index contributed by atoms with van der Waals surface area (Å²) in [7, 11) is 3.63. The Labute approximate surface area is 127 Å². The average Bonchev–Trinajstić information content (AvgIpc) is 2.43. The summed E-state index contributed by atoms with van der Waals surface area (Å²) in [5.74, 6) is 0.689. The van der Waals surface area contributed by atoms with Crippen LogP contribution in [0.25, 0.3) is 0 Å². The topological polar surface area (TPSA) is 66.0 Å². The van der Waals surface area contributed by atoms with Gasteiger partial charge in [0.15, 0.2) is 0 Å². The third-order valence-corrected chi connectivity index (χ3v) is 2.77. The van der Waals surface area contributed by atoms with Gasteiger partial charge < -0.3 is 15.5 Å². The first-order valence-electron chi connectivity index (χ1n) is 6.39. The van der Waals surface area contributed by atoms with E-state index in [9.17, 15) is 4.39 Å². The number of hydrogen-bond donors (Lipinski definition) is 2. The fourth-order valence-electron chi connectivity index (χ4n) is 1.57. The van der Waals surface area contributed by atoms with Crippen LogP contribution in [0, 0.1) is 5.82 Å². The fourth-order valence-corrected chi connectivity index (χ4v) is 1.74. The van der Waals surface area contributed by atoms with E-state index in [1.165, 1.54) is 18.2 Å². The zero-order chi connectivity index (χ0) is 15.4. The van der Waals surface area contributed by atoms with Gasteiger partial charge in [-0.1, -0.05) is 11.6 Å². The zero-order valence-corrected chi connectivity index (χ0v) is 12.7. The summed E-state index contributed by atoms with van der Waals surface area (Å²) in [5, 5.41) is 6.25. The van der Waals surface area contributed by atoms with Gasteiger partial charge in [-0.15, -0.1) is 0 Å².